The fourth-order valence-corrected chi connectivity index (χ4v) is 2.24. The van der Waals surface area contributed by atoms with Crippen LogP contribution >= 0.6 is 0 Å². The third-order valence-electron chi connectivity index (χ3n) is 3.38. The molecule has 17 heavy (non-hydrogen) atoms. The molecular weight excluding hydrogens is 204 g/mol. The van der Waals surface area contributed by atoms with Crippen LogP contribution in [0.1, 0.15) is 45.4 Å². The second-order valence-corrected chi connectivity index (χ2v) is 4.93. The first-order chi connectivity index (χ1) is 8.31. The highest BCUT2D eigenvalue weighted by molar-refractivity contribution is 5.20. The van der Waals surface area contributed by atoms with Gasteiger partial charge >= 0.3 is 0 Å². The first-order valence-electron chi connectivity index (χ1n) is 6.90. The molecule has 0 radical (unpaired) electrons. The van der Waals surface area contributed by atoms with E-state index in [4.69, 9.17) is 0 Å². The van der Waals surface area contributed by atoms with Crippen molar-refractivity contribution in [1.82, 2.24) is 0 Å². The van der Waals surface area contributed by atoms with Gasteiger partial charge in [-0.25, -0.2) is 0 Å². The van der Waals surface area contributed by atoms with Gasteiger partial charge in [0.15, 0.2) is 0 Å². The van der Waals surface area contributed by atoms with E-state index in [1.165, 1.54) is 37.7 Å². The van der Waals surface area contributed by atoms with Crippen LogP contribution in [0.5, 0.6) is 0 Å². The van der Waals surface area contributed by atoms with E-state index in [2.05, 4.69) is 38.3 Å². The molecule has 1 rings (SSSR count). The predicted molar refractivity (Wildman–Crippen MR) is 78.0 cm³/mol. The molecule has 2 atom stereocenters. The van der Waals surface area contributed by atoms with Gasteiger partial charge in [-0.05, 0) is 43.9 Å². The molecule has 94 valence electrons. The Kier molecular flexibility index (Phi) is 6.69. The molecule has 0 heterocycles. The molecule has 1 aliphatic carbocycles. The Morgan fingerprint density at radius 2 is 2.12 bits per heavy atom. The lowest BCUT2D eigenvalue weighted by Crippen LogP contribution is -1.83. The second-order valence-electron chi connectivity index (χ2n) is 4.93. The molecule has 0 aromatic heterocycles. The third kappa shape index (κ3) is 5.72. The largest absolute Gasteiger partial charge is 0.103 e. The van der Waals surface area contributed by atoms with E-state index in [1.807, 2.05) is 12.2 Å². The molecule has 1 saturated carbocycles. The Hall–Kier alpha value is -1.04. The molecule has 1 fully saturated rings. The molecule has 2 unspecified atom stereocenters. The summed E-state index contributed by atoms with van der Waals surface area (Å²) in [6, 6.07) is 0. The molecule has 0 N–H and O–H groups in total. The standard InChI is InChI=1S/C17H26/c1-4-7-8-9-10-12-16-14-17(16)13-15(6-3)11-5-2/h4,6,8-9,13,16-17H,1,3,5,7,10-12,14H2,2H3. The number of hydrogen-bond donors (Lipinski definition) is 0. The predicted octanol–water partition coefficient (Wildman–Crippen LogP) is 5.45. The maximum absolute atomic E-state index is 3.89. The lowest BCUT2D eigenvalue weighted by atomic mass is 10.1. The van der Waals surface area contributed by atoms with Crippen LogP contribution in [-0.4, -0.2) is 0 Å². The quantitative estimate of drug-likeness (QED) is 0.365. The van der Waals surface area contributed by atoms with Crippen molar-refractivity contribution in [3.05, 3.63) is 49.1 Å². The molecule has 0 nitrogen and oxygen atoms in total. The highest BCUT2D eigenvalue weighted by Gasteiger charge is 2.33. The minimum absolute atomic E-state index is 0.836. The third-order valence-corrected chi connectivity index (χ3v) is 3.38. The maximum Gasteiger partial charge on any atom is -0.0172 e. The summed E-state index contributed by atoms with van der Waals surface area (Å²) in [6.07, 6.45) is 18.3. The van der Waals surface area contributed by atoms with E-state index >= 15 is 0 Å². The molecule has 0 saturated heterocycles. The molecule has 0 heteroatoms. The highest BCUT2D eigenvalue weighted by atomic mass is 14.4. The Balaban J connectivity index is 2.19. The summed E-state index contributed by atoms with van der Waals surface area (Å²) in [6.45, 7) is 9.83. The van der Waals surface area contributed by atoms with E-state index in [0.717, 1.165) is 18.3 Å². The summed E-state index contributed by atoms with van der Waals surface area (Å²) in [5, 5.41) is 0. The van der Waals surface area contributed by atoms with Crippen molar-refractivity contribution in [3.8, 4) is 0 Å². The number of hydrogen-bond acceptors (Lipinski definition) is 0. The fourth-order valence-electron chi connectivity index (χ4n) is 2.24. The van der Waals surface area contributed by atoms with Crippen LogP contribution in [0.15, 0.2) is 49.1 Å². The molecular formula is C17H26. The molecule has 1 aliphatic rings. The van der Waals surface area contributed by atoms with Crippen LogP contribution < -0.4 is 0 Å². The van der Waals surface area contributed by atoms with Crippen LogP contribution in [-0.2, 0) is 0 Å². The van der Waals surface area contributed by atoms with Crippen LogP contribution in [0, 0.1) is 11.8 Å². The first-order valence-corrected chi connectivity index (χ1v) is 6.90. The van der Waals surface area contributed by atoms with E-state index in [9.17, 15) is 0 Å². The maximum atomic E-state index is 3.89. The summed E-state index contributed by atoms with van der Waals surface area (Å²) in [4.78, 5) is 0. The van der Waals surface area contributed by atoms with Crippen molar-refractivity contribution in [2.45, 2.75) is 45.4 Å². The summed E-state index contributed by atoms with van der Waals surface area (Å²) in [7, 11) is 0. The lowest BCUT2D eigenvalue weighted by molar-refractivity contribution is 0.704. The van der Waals surface area contributed by atoms with Crippen molar-refractivity contribution in [2.24, 2.45) is 11.8 Å². The van der Waals surface area contributed by atoms with E-state index in [-0.39, 0.29) is 0 Å². The summed E-state index contributed by atoms with van der Waals surface area (Å²) in [5.74, 6) is 1.76. The molecule has 0 amide bonds. The van der Waals surface area contributed by atoms with Gasteiger partial charge in [-0.1, -0.05) is 55.9 Å². The van der Waals surface area contributed by atoms with Crippen LogP contribution in [0.3, 0.4) is 0 Å². The van der Waals surface area contributed by atoms with Crippen LogP contribution in [0.25, 0.3) is 0 Å². The van der Waals surface area contributed by atoms with Crippen LogP contribution in [0.2, 0.25) is 0 Å². The average Bonchev–Trinajstić information content (AvgIpc) is 3.07. The fraction of sp³-hybridized carbons (Fsp3) is 0.529. The summed E-state index contributed by atoms with van der Waals surface area (Å²) in [5.41, 5.74) is 1.45. The van der Waals surface area contributed by atoms with Gasteiger partial charge in [0.25, 0.3) is 0 Å². The van der Waals surface area contributed by atoms with Crippen molar-refractivity contribution < 1.29 is 0 Å². The van der Waals surface area contributed by atoms with E-state index < -0.39 is 0 Å². The van der Waals surface area contributed by atoms with Gasteiger partial charge in [0.05, 0.1) is 0 Å². The van der Waals surface area contributed by atoms with Crippen molar-refractivity contribution in [1.29, 1.82) is 0 Å². The van der Waals surface area contributed by atoms with Gasteiger partial charge in [0.1, 0.15) is 0 Å². The van der Waals surface area contributed by atoms with Crippen molar-refractivity contribution >= 4 is 0 Å². The normalized spacial score (nSPS) is 23.9. The van der Waals surface area contributed by atoms with Gasteiger partial charge in [-0.2, -0.15) is 0 Å². The topological polar surface area (TPSA) is 0 Å². The Labute approximate surface area is 107 Å². The summed E-state index contributed by atoms with van der Waals surface area (Å²) >= 11 is 0. The van der Waals surface area contributed by atoms with Crippen molar-refractivity contribution in [2.75, 3.05) is 0 Å². The lowest BCUT2D eigenvalue weighted by Gasteiger charge is -1.98. The van der Waals surface area contributed by atoms with Gasteiger partial charge in [0, 0.05) is 0 Å². The van der Waals surface area contributed by atoms with Crippen molar-refractivity contribution in [3.63, 3.8) is 0 Å². The summed E-state index contributed by atoms with van der Waals surface area (Å²) < 4.78 is 0. The average molecular weight is 230 g/mol. The van der Waals surface area contributed by atoms with E-state index in [0.29, 0.717) is 0 Å². The van der Waals surface area contributed by atoms with Gasteiger partial charge in [0.2, 0.25) is 0 Å². The van der Waals surface area contributed by atoms with Gasteiger partial charge in [-0.15, -0.1) is 6.58 Å². The zero-order valence-electron chi connectivity index (χ0n) is 11.2. The minimum atomic E-state index is 0.836. The van der Waals surface area contributed by atoms with E-state index in [1.54, 1.807) is 0 Å². The SMILES string of the molecule is C=CCC=CCCC1CC1C=C(C=C)CCC. The Morgan fingerprint density at radius 3 is 2.76 bits per heavy atom. The second kappa shape index (κ2) is 8.11. The molecule has 0 aliphatic heterocycles. The highest BCUT2D eigenvalue weighted by Crippen LogP contribution is 2.44. The molecule has 0 bridgehead atoms. The monoisotopic (exact) mass is 230 g/mol. The molecule has 0 aromatic carbocycles. The van der Waals surface area contributed by atoms with Crippen LogP contribution in [0.4, 0.5) is 0 Å². The Bertz CT molecular complexity index is 293. The number of rotatable bonds is 9. The molecule has 0 spiro atoms. The number of allylic oxidation sites excluding steroid dienone is 6. The smallest absolute Gasteiger partial charge is 0.0172 e. The molecule has 0 aromatic rings. The van der Waals surface area contributed by atoms with Gasteiger partial charge < -0.3 is 0 Å². The first kappa shape index (κ1) is 14.0. The zero-order valence-corrected chi connectivity index (χ0v) is 11.2. The van der Waals surface area contributed by atoms with Gasteiger partial charge in [-0.3, -0.25) is 0 Å². The Morgan fingerprint density at radius 1 is 1.29 bits per heavy atom. The zero-order chi connectivity index (χ0) is 12.5. The minimum Gasteiger partial charge on any atom is -0.103 e.